The van der Waals surface area contributed by atoms with Crippen LogP contribution in [-0.2, 0) is 0 Å². The first kappa shape index (κ1) is 9.07. The van der Waals surface area contributed by atoms with Gasteiger partial charge in [-0.15, -0.1) is 0 Å². The molecule has 0 radical (unpaired) electrons. The number of hydrogen-bond donors (Lipinski definition) is 0. The predicted octanol–water partition coefficient (Wildman–Crippen LogP) is 3.47. The van der Waals surface area contributed by atoms with Gasteiger partial charge < -0.3 is 4.74 Å². The largest absolute Gasteiger partial charge is 0.497 e. The lowest BCUT2D eigenvalue weighted by Gasteiger charge is -2.05. The Morgan fingerprint density at radius 3 is 2.14 bits per heavy atom. The fourth-order valence-corrected chi connectivity index (χ4v) is 1.63. The summed E-state index contributed by atoms with van der Waals surface area (Å²) in [6.07, 6.45) is 0. The van der Waals surface area contributed by atoms with Crippen molar-refractivity contribution in [3.8, 4) is 5.75 Å². The lowest BCUT2D eigenvalue weighted by Crippen LogP contribution is -1.85. The van der Waals surface area contributed by atoms with Gasteiger partial charge in [0.2, 0.25) is 0 Å². The minimum Gasteiger partial charge on any atom is -0.497 e. The van der Waals surface area contributed by atoms with Crippen LogP contribution < -0.4 is 4.74 Å². The Labute approximate surface area is 84.3 Å². The second-order valence-electron chi connectivity index (χ2n) is 3.65. The Hall–Kier alpha value is -1.50. The van der Waals surface area contributed by atoms with Crippen molar-refractivity contribution in [1.29, 1.82) is 0 Å². The molecule has 0 aliphatic rings. The molecule has 0 unspecified atom stereocenters. The Kier molecular flexibility index (Phi) is 2.16. The fraction of sp³-hybridized carbons (Fsp3) is 0.231. The molecule has 1 nitrogen and oxygen atoms in total. The first-order valence-electron chi connectivity index (χ1n) is 4.76. The van der Waals surface area contributed by atoms with Gasteiger partial charge in [-0.3, -0.25) is 0 Å². The van der Waals surface area contributed by atoms with Crippen LogP contribution in [0.5, 0.6) is 5.75 Å². The van der Waals surface area contributed by atoms with E-state index >= 15 is 0 Å². The Morgan fingerprint density at radius 2 is 1.50 bits per heavy atom. The van der Waals surface area contributed by atoms with Gasteiger partial charge >= 0.3 is 0 Å². The van der Waals surface area contributed by atoms with E-state index in [9.17, 15) is 0 Å². The SMILES string of the molecule is COc1ccc2cc(C)c(C)cc2c1. The van der Waals surface area contributed by atoms with E-state index in [1.165, 1.54) is 21.9 Å². The number of hydrogen-bond acceptors (Lipinski definition) is 1. The molecule has 0 spiro atoms. The van der Waals surface area contributed by atoms with Crippen LogP contribution >= 0.6 is 0 Å². The third-order valence-electron chi connectivity index (χ3n) is 2.66. The van der Waals surface area contributed by atoms with Crippen molar-refractivity contribution in [2.45, 2.75) is 13.8 Å². The van der Waals surface area contributed by atoms with Gasteiger partial charge in [-0.2, -0.15) is 0 Å². The highest BCUT2D eigenvalue weighted by molar-refractivity contribution is 5.85. The van der Waals surface area contributed by atoms with Crippen molar-refractivity contribution in [3.63, 3.8) is 0 Å². The van der Waals surface area contributed by atoms with Gasteiger partial charge in [0.25, 0.3) is 0 Å². The number of benzene rings is 2. The number of fused-ring (bicyclic) bond motifs is 1. The molecule has 0 saturated heterocycles. The standard InChI is InChI=1S/C13H14O/c1-9-6-11-4-5-13(14-3)8-12(11)7-10(9)2/h4-8H,1-3H3. The van der Waals surface area contributed by atoms with E-state index in [1.807, 2.05) is 6.07 Å². The molecule has 0 saturated carbocycles. The summed E-state index contributed by atoms with van der Waals surface area (Å²) in [5.41, 5.74) is 2.66. The van der Waals surface area contributed by atoms with E-state index in [0.29, 0.717) is 0 Å². The number of ether oxygens (including phenoxy) is 1. The molecule has 2 rings (SSSR count). The number of methoxy groups -OCH3 is 1. The molecule has 72 valence electrons. The van der Waals surface area contributed by atoms with Crippen LogP contribution in [0.1, 0.15) is 11.1 Å². The molecule has 0 amide bonds. The van der Waals surface area contributed by atoms with Crippen molar-refractivity contribution in [2.75, 3.05) is 7.11 Å². The number of rotatable bonds is 1. The van der Waals surface area contributed by atoms with Gasteiger partial charge in [-0.05, 0) is 47.9 Å². The molecule has 0 bridgehead atoms. The summed E-state index contributed by atoms with van der Waals surface area (Å²) in [6.45, 7) is 4.27. The molecule has 0 heterocycles. The molecule has 1 heteroatoms. The van der Waals surface area contributed by atoms with Crippen LogP contribution in [0, 0.1) is 13.8 Å². The molecule has 0 fully saturated rings. The van der Waals surface area contributed by atoms with Crippen molar-refractivity contribution >= 4 is 10.8 Å². The van der Waals surface area contributed by atoms with Crippen molar-refractivity contribution < 1.29 is 4.74 Å². The molecule has 2 aromatic rings. The fourth-order valence-electron chi connectivity index (χ4n) is 1.63. The van der Waals surface area contributed by atoms with E-state index in [4.69, 9.17) is 4.74 Å². The maximum absolute atomic E-state index is 5.19. The molecular weight excluding hydrogens is 172 g/mol. The molecule has 0 atom stereocenters. The summed E-state index contributed by atoms with van der Waals surface area (Å²) in [5, 5.41) is 2.52. The van der Waals surface area contributed by atoms with Gasteiger partial charge in [0.05, 0.1) is 7.11 Å². The average molecular weight is 186 g/mol. The zero-order chi connectivity index (χ0) is 10.1. The second-order valence-corrected chi connectivity index (χ2v) is 3.65. The summed E-state index contributed by atoms with van der Waals surface area (Å²) in [4.78, 5) is 0. The van der Waals surface area contributed by atoms with Gasteiger partial charge in [-0.25, -0.2) is 0 Å². The highest BCUT2D eigenvalue weighted by atomic mass is 16.5. The molecule has 2 aromatic carbocycles. The van der Waals surface area contributed by atoms with Crippen LogP contribution in [0.3, 0.4) is 0 Å². The average Bonchev–Trinajstić information content (AvgIpc) is 2.19. The van der Waals surface area contributed by atoms with Gasteiger partial charge in [0, 0.05) is 0 Å². The van der Waals surface area contributed by atoms with Crippen molar-refractivity contribution in [1.82, 2.24) is 0 Å². The minimum atomic E-state index is 0.917. The molecule has 0 N–H and O–H groups in total. The summed E-state index contributed by atoms with van der Waals surface area (Å²) >= 11 is 0. The molecule has 14 heavy (non-hydrogen) atoms. The van der Waals surface area contributed by atoms with E-state index in [-0.39, 0.29) is 0 Å². The molecule has 0 aromatic heterocycles. The zero-order valence-electron chi connectivity index (χ0n) is 8.79. The summed E-state index contributed by atoms with van der Waals surface area (Å²) < 4.78 is 5.19. The van der Waals surface area contributed by atoms with E-state index in [0.717, 1.165) is 5.75 Å². The van der Waals surface area contributed by atoms with Gasteiger partial charge in [-0.1, -0.05) is 18.2 Å². The molecule has 0 aliphatic carbocycles. The van der Waals surface area contributed by atoms with Crippen LogP contribution in [-0.4, -0.2) is 7.11 Å². The van der Waals surface area contributed by atoms with Gasteiger partial charge in [0.1, 0.15) is 5.75 Å². The number of aryl methyl sites for hydroxylation is 2. The minimum absolute atomic E-state index is 0.917. The molecule has 0 aliphatic heterocycles. The van der Waals surface area contributed by atoms with Crippen molar-refractivity contribution in [3.05, 3.63) is 41.5 Å². The Morgan fingerprint density at radius 1 is 0.857 bits per heavy atom. The topological polar surface area (TPSA) is 9.23 Å². The first-order chi connectivity index (χ1) is 6.70. The smallest absolute Gasteiger partial charge is 0.119 e. The van der Waals surface area contributed by atoms with Crippen LogP contribution in [0.2, 0.25) is 0 Å². The third kappa shape index (κ3) is 1.46. The lowest BCUT2D eigenvalue weighted by atomic mass is 10.0. The molecular formula is C13H14O. The maximum atomic E-state index is 5.19. The monoisotopic (exact) mass is 186 g/mol. The van der Waals surface area contributed by atoms with E-state index in [2.05, 4.69) is 38.1 Å². The van der Waals surface area contributed by atoms with Gasteiger partial charge in [0.15, 0.2) is 0 Å². The quantitative estimate of drug-likeness (QED) is 0.662. The highest BCUT2D eigenvalue weighted by Gasteiger charge is 1.99. The van der Waals surface area contributed by atoms with Crippen LogP contribution in [0.4, 0.5) is 0 Å². The second kappa shape index (κ2) is 3.33. The summed E-state index contributed by atoms with van der Waals surface area (Å²) in [5.74, 6) is 0.917. The van der Waals surface area contributed by atoms with E-state index in [1.54, 1.807) is 7.11 Å². The zero-order valence-corrected chi connectivity index (χ0v) is 8.79. The maximum Gasteiger partial charge on any atom is 0.119 e. The summed E-state index contributed by atoms with van der Waals surface area (Å²) in [6, 6.07) is 10.6. The normalized spacial score (nSPS) is 10.5. The summed E-state index contributed by atoms with van der Waals surface area (Å²) in [7, 11) is 1.70. The lowest BCUT2D eigenvalue weighted by molar-refractivity contribution is 0.415. The Balaban J connectivity index is 2.70. The van der Waals surface area contributed by atoms with Crippen LogP contribution in [0.15, 0.2) is 30.3 Å². The third-order valence-corrected chi connectivity index (χ3v) is 2.66. The highest BCUT2D eigenvalue weighted by Crippen LogP contribution is 2.23. The Bertz CT molecular complexity index is 472. The van der Waals surface area contributed by atoms with Crippen LogP contribution in [0.25, 0.3) is 10.8 Å². The van der Waals surface area contributed by atoms with E-state index < -0.39 is 0 Å². The first-order valence-corrected chi connectivity index (χ1v) is 4.76. The predicted molar refractivity (Wildman–Crippen MR) is 60.0 cm³/mol. The van der Waals surface area contributed by atoms with Crippen molar-refractivity contribution in [2.24, 2.45) is 0 Å².